The molecule has 0 fully saturated rings. The Labute approximate surface area is 149 Å². The van der Waals surface area contributed by atoms with Gasteiger partial charge < -0.3 is 14.6 Å². The minimum atomic E-state index is -0.567. The predicted molar refractivity (Wildman–Crippen MR) is 95.2 cm³/mol. The zero-order chi connectivity index (χ0) is 18.3. The van der Waals surface area contributed by atoms with Crippen LogP contribution in [0.4, 0.5) is 5.69 Å². The van der Waals surface area contributed by atoms with E-state index in [9.17, 15) is 9.59 Å². The third-order valence-electron chi connectivity index (χ3n) is 4.08. The number of hydrogen-bond acceptors (Lipinski definition) is 4. The van der Waals surface area contributed by atoms with Gasteiger partial charge in [0.2, 0.25) is 0 Å². The highest BCUT2D eigenvalue weighted by Crippen LogP contribution is 2.25. The number of fused-ring (bicyclic) bond motifs is 1. The van der Waals surface area contributed by atoms with Crippen molar-refractivity contribution in [2.24, 2.45) is 14.1 Å². The van der Waals surface area contributed by atoms with Crippen molar-refractivity contribution in [1.29, 1.82) is 0 Å². The molecule has 25 heavy (non-hydrogen) atoms. The van der Waals surface area contributed by atoms with E-state index < -0.39 is 5.97 Å². The molecule has 1 amide bonds. The number of hydrogen-bond donors (Lipinski definition) is 1. The standard InChI is InChI=1S/C17H17ClN4O3/c1-9-14(15(17(24)25-4)22(3)20-9)19-16(23)13-7-10-5-6-11(18)8-12(10)21(13)2/h5-8H,1-4H3,(H,19,23). The van der Waals surface area contributed by atoms with Gasteiger partial charge in [0.05, 0.1) is 18.5 Å². The molecule has 3 aromatic rings. The number of halogens is 1. The van der Waals surface area contributed by atoms with Crippen molar-refractivity contribution in [2.75, 3.05) is 12.4 Å². The molecule has 0 radical (unpaired) electrons. The van der Waals surface area contributed by atoms with Gasteiger partial charge in [-0.05, 0) is 25.1 Å². The number of aromatic nitrogens is 3. The number of aryl methyl sites for hydroxylation is 3. The van der Waals surface area contributed by atoms with Gasteiger partial charge in [-0.15, -0.1) is 0 Å². The molecule has 130 valence electrons. The Hall–Kier alpha value is -2.80. The number of carbonyl (C=O) groups is 2. The van der Waals surface area contributed by atoms with Crippen LogP contribution in [0.1, 0.15) is 26.7 Å². The van der Waals surface area contributed by atoms with Crippen LogP contribution in [0.5, 0.6) is 0 Å². The Morgan fingerprint density at radius 2 is 1.96 bits per heavy atom. The Balaban J connectivity index is 2.01. The first-order chi connectivity index (χ1) is 11.8. The Bertz CT molecular complexity index is 1000. The second-order valence-corrected chi connectivity index (χ2v) is 6.11. The minimum Gasteiger partial charge on any atom is -0.464 e. The summed E-state index contributed by atoms with van der Waals surface area (Å²) in [5.74, 6) is -0.918. The van der Waals surface area contributed by atoms with Crippen LogP contribution in [0.15, 0.2) is 24.3 Å². The summed E-state index contributed by atoms with van der Waals surface area (Å²) in [5.41, 5.74) is 2.33. The third kappa shape index (κ3) is 2.87. The average Bonchev–Trinajstić information content (AvgIpc) is 3.04. The lowest BCUT2D eigenvalue weighted by Gasteiger charge is -2.08. The van der Waals surface area contributed by atoms with E-state index in [1.165, 1.54) is 11.8 Å². The SMILES string of the molecule is COC(=O)c1c(NC(=O)c2cc3ccc(Cl)cc3n2C)c(C)nn1C. The molecule has 0 aliphatic heterocycles. The van der Waals surface area contributed by atoms with E-state index in [1.54, 1.807) is 43.8 Å². The zero-order valence-electron chi connectivity index (χ0n) is 14.3. The molecule has 0 saturated heterocycles. The Morgan fingerprint density at radius 3 is 2.64 bits per heavy atom. The summed E-state index contributed by atoms with van der Waals surface area (Å²) in [5, 5.41) is 8.44. The van der Waals surface area contributed by atoms with Crippen molar-refractivity contribution < 1.29 is 14.3 Å². The number of nitrogens with zero attached hydrogens (tertiary/aromatic N) is 3. The summed E-state index contributed by atoms with van der Waals surface area (Å²) < 4.78 is 7.91. The van der Waals surface area contributed by atoms with Gasteiger partial charge in [-0.3, -0.25) is 9.48 Å². The van der Waals surface area contributed by atoms with Crippen LogP contribution in [0.25, 0.3) is 10.9 Å². The molecule has 8 heteroatoms. The summed E-state index contributed by atoms with van der Waals surface area (Å²) in [7, 11) is 4.68. The molecule has 0 aliphatic rings. The molecule has 1 N–H and O–H groups in total. The first-order valence-corrected chi connectivity index (χ1v) is 7.89. The van der Waals surface area contributed by atoms with Gasteiger partial charge in [0.1, 0.15) is 5.69 Å². The quantitative estimate of drug-likeness (QED) is 0.728. The first kappa shape index (κ1) is 17.0. The predicted octanol–water partition coefficient (Wildman–Crippen LogP) is 2.91. The molecule has 2 aromatic heterocycles. The van der Waals surface area contributed by atoms with Crippen LogP contribution in [0.3, 0.4) is 0 Å². The lowest BCUT2D eigenvalue weighted by Crippen LogP contribution is -2.18. The van der Waals surface area contributed by atoms with Gasteiger partial charge in [0.25, 0.3) is 5.91 Å². The monoisotopic (exact) mass is 360 g/mol. The molecule has 7 nitrogen and oxygen atoms in total. The topological polar surface area (TPSA) is 78.2 Å². The van der Waals surface area contributed by atoms with Crippen molar-refractivity contribution >= 4 is 40.1 Å². The van der Waals surface area contributed by atoms with E-state index in [2.05, 4.69) is 10.4 Å². The van der Waals surface area contributed by atoms with Crippen LogP contribution in [-0.2, 0) is 18.8 Å². The molecule has 0 atom stereocenters. The summed E-state index contributed by atoms with van der Waals surface area (Å²) >= 11 is 6.03. The Kier molecular flexibility index (Phi) is 4.26. The van der Waals surface area contributed by atoms with Crippen molar-refractivity contribution in [3.8, 4) is 0 Å². The van der Waals surface area contributed by atoms with Crippen molar-refractivity contribution in [3.63, 3.8) is 0 Å². The highest BCUT2D eigenvalue weighted by molar-refractivity contribution is 6.31. The number of methoxy groups -OCH3 is 1. The van der Waals surface area contributed by atoms with Crippen LogP contribution in [0.2, 0.25) is 5.02 Å². The number of ether oxygens (including phenoxy) is 1. The summed E-state index contributed by atoms with van der Waals surface area (Å²) in [6.07, 6.45) is 0. The largest absolute Gasteiger partial charge is 0.464 e. The highest BCUT2D eigenvalue weighted by atomic mass is 35.5. The third-order valence-corrected chi connectivity index (χ3v) is 4.31. The molecule has 0 aliphatic carbocycles. The van der Waals surface area contributed by atoms with Gasteiger partial charge in [-0.1, -0.05) is 17.7 Å². The van der Waals surface area contributed by atoms with Gasteiger partial charge in [-0.25, -0.2) is 4.79 Å². The average molecular weight is 361 g/mol. The van der Waals surface area contributed by atoms with Crippen LogP contribution >= 0.6 is 11.6 Å². The van der Waals surface area contributed by atoms with Crippen molar-refractivity contribution in [2.45, 2.75) is 6.92 Å². The summed E-state index contributed by atoms with van der Waals surface area (Å²) in [6, 6.07) is 7.18. The maximum atomic E-state index is 12.8. The maximum Gasteiger partial charge on any atom is 0.358 e. The van der Waals surface area contributed by atoms with Gasteiger partial charge >= 0.3 is 5.97 Å². The van der Waals surface area contributed by atoms with Crippen LogP contribution in [0, 0.1) is 6.92 Å². The first-order valence-electron chi connectivity index (χ1n) is 7.51. The van der Waals surface area contributed by atoms with E-state index in [0.29, 0.717) is 22.1 Å². The number of amides is 1. The van der Waals surface area contributed by atoms with E-state index in [-0.39, 0.29) is 11.6 Å². The van der Waals surface area contributed by atoms with Crippen molar-refractivity contribution in [3.05, 3.63) is 46.4 Å². The van der Waals surface area contributed by atoms with Crippen LogP contribution < -0.4 is 5.32 Å². The fourth-order valence-corrected chi connectivity index (χ4v) is 3.00. The minimum absolute atomic E-state index is 0.190. The van der Waals surface area contributed by atoms with Crippen LogP contribution in [-0.4, -0.2) is 33.3 Å². The normalized spacial score (nSPS) is 10.9. The number of anilines is 1. The number of rotatable bonds is 3. The van der Waals surface area contributed by atoms with E-state index in [4.69, 9.17) is 16.3 Å². The van der Waals surface area contributed by atoms with Gasteiger partial charge in [-0.2, -0.15) is 5.10 Å². The lowest BCUT2D eigenvalue weighted by atomic mass is 10.2. The fraction of sp³-hybridized carbons (Fsp3) is 0.235. The Morgan fingerprint density at radius 1 is 1.24 bits per heavy atom. The number of carbonyl (C=O) groups excluding carboxylic acids is 2. The molecule has 2 heterocycles. The van der Waals surface area contributed by atoms with Gasteiger partial charge in [0, 0.05) is 30.0 Å². The van der Waals surface area contributed by atoms with E-state index in [1.807, 2.05) is 6.07 Å². The summed E-state index contributed by atoms with van der Waals surface area (Å²) in [6.45, 7) is 1.71. The fourth-order valence-electron chi connectivity index (χ4n) is 2.84. The molecule has 0 saturated carbocycles. The van der Waals surface area contributed by atoms with E-state index in [0.717, 1.165) is 10.9 Å². The molecule has 0 bridgehead atoms. The second kappa shape index (κ2) is 6.25. The second-order valence-electron chi connectivity index (χ2n) is 5.67. The smallest absolute Gasteiger partial charge is 0.358 e. The number of nitrogens with one attached hydrogen (secondary N) is 1. The molecular formula is C17H17ClN4O3. The highest BCUT2D eigenvalue weighted by Gasteiger charge is 2.24. The molecule has 0 spiro atoms. The maximum absolute atomic E-state index is 12.8. The lowest BCUT2D eigenvalue weighted by molar-refractivity contribution is 0.0589. The van der Waals surface area contributed by atoms with Crippen molar-refractivity contribution in [1.82, 2.24) is 14.3 Å². The van der Waals surface area contributed by atoms with E-state index >= 15 is 0 Å². The number of esters is 1. The number of benzene rings is 1. The zero-order valence-corrected chi connectivity index (χ0v) is 15.0. The molecule has 3 rings (SSSR count). The molecular weight excluding hydrogens is 344 g/mol. The van der Waals surface area contributed by atoms with Gasteiger partial charge in [0.15, 0.2) is 5.69 Å². The summed E-state index contributed by atoms with van der Waals surface area (Å²) in [4.78, 5) is 24.7. The molecule has 1 aromatic carbocycles. The molecule has 0 unspecified atom stereocenters.